The molecule has 0 bridgehead atoms. The molecular formula is C55H43N. The van der Waals surface area contributed by atoms with Gasteiger partial charge in [0.2, 0.25) is 0 Å². The molecule has 0 saturated heterocycles. The second kappa shape index (κ2) is 11.8. The van der Waals surface area contributed by atoms with Crippen LogP contribution in [-0.4, -0.2) is 0 Å². The van der Waals surface area contributed by atoms with Crippen LogP contribution < -0.4 is 4.90 Å². The van der Waals surface area contributed by atoms with Gasteiger partial charge < -0.3 is 4.90 Å². The van der Waals surface area contributed by atoms with Gasteiger partial charge in [-0.1, -0.05) is 179 Å². The molecule has 1 heteroatoms. The van der Waals surface area contributed by atoms with Crippen molar-refractivity contribution in [3.05, 3.63) is 232 Å². The molecule has 0 spiro atoms. The normalized spacial score (nSPS) is 16.6. The number of fused-ring (bicyclic) bond motifs is 9. The van der Waals surface area contributed by atoms with Crippen molar-refractivity contribution < 1.29 is 5.48 Å². The van der Waals surface area contributed by atoms with Crippen LogP contribution in [0.1, 0.15) is 77.7 Å². The minimum absolute atomic E-state index is 0.0578. The summed E-state index contributed by atoms with van der Waals surface area (Å²) in [5.74, 6) is 0. The minimum Gasteiger partial charge on any atom is -0.310 e. The highest BCUT2D eigenvalue weighted by Gasteiger charge is 2.46. The van der Waals surface area contributed by atoms with E-state index in [0.717, 1.165) is 39.2 Å². The molecule has 3 aliphatic rings. The highest BCUT2D eigenvalue weighted by atomic mass is 15.1. The standard InChI is InChI=1S/C55H43N/c1-53(2)47-25-12-8-21-41(47)45-31-29-39(34-51(45)53)56(40-30-32-46-42-22-9-13-26-48(42)54(3,4)52(46)35-40)38-20-16-19-37(33-38)55(36-17-6-5-7-18-36)49-27-14-10-23-43(49)44-24-11-15-28-50(44)55/h5-35H,1-4H3/i16D,19D,20D,33D. The number of anilines is 3. The Balaban J connectivity index is 1.24. The fourth-order valence-electron chi connectivity index (χ4n) is 10.4. The van der Waals surface area contributed by atoms with E-state index in [9.17, 15) is 5.48 Å². The number of hydrogen-bond donors (Lipinski definition) is 0. The number of benzene rings is 8. The molecule has 8 aromatic rings. The average molecular weight is 722 g/mol. The molecule has 0 radical (unpaired) electrons. The first kappa shape index (κ1) is 28.9. The third-order valence-corrected chi connectivity index (χ3v) is 13.0. The van der Waals surface area contributed by atoms with Gasteiger partial charge in [0.05, 0.1) is 10.9 Å². The van der Waals surface area contributed by atoms with E-state index in [0.29, 0.717) is 5.56 Å². The number of rotatable bonds is 5. The van der Waals surface area contributed by atoms with Gasteiger partial charge in [-0.25, -0.2) is 0 Å². The van der Waals surface area contributed by atoms with Gasteiger partial charge in [0.1, 0.15) is 0 Å². The zero-order chi connectivity index (χ0) is 41.3. The summed E-state index contributed by atoms with van der Waals surface area (Å²) >= 11 is 0. The van der Waals surface area contributed by atoms with Gasteiger partial charge >= 0.3 is 0 Å². The zero-order valence-corrected chi connectivity index (χ0v) is 32.0. The maximum Gasteiger partial charge on any atom is 0.0714 e. The maximum absolute atomic E-state index is 10.6. The molecule has 0 heterocycles. The summed E-state index contributed by atoms with van der Waals surface area (Å²) in [5, 5.41) is 0. The Kier molecular flexibility index (Phi) is 6.09. The van der Waals surface area contributed by atoms with Crippen LogP contribution in [0, 0.1) is 0 Å². The summed E-state index contributed by atoms with van der Waals surface area (Å²) in [7, 11) is 0. The largest absolute Gasteiger partial charge is 0.310 e. The summed E-state index contributed by atoms with van der Waals surface area (Å²) in [6.45, 7) is 9.06. The van der Waals surface area contributed by atoms with Crippen LogP contribution in [0.15, 0.2) is 188 Å². The van der Waals surface area contributed by atoms with Crippen molar-refractivity contribution >= 4 is 17.1 Å². The molecule has 1 nitrogen and oxygen atoms in total. The summed E-state index contributed by atoms with van der Waals surface area (Å²) in [4.78, 5) is 2.04. The van der Waals surface area contributed by atoms with E-state index in [1.54, 1.807) is 0 Å². The monoisotopic (exact) mass is 721 g/mol. The van der Waals surface area contributed by atoms with Crippen molar-refractivity contribution in [1.29, 1.82) is 0 Å². The maximum atomic E-state index is 10.6. The van der Waals surface area contributed by atoms with Gasteiger partial charge in [0.25, 0.3) is 0 Å². The summed E-state index contributed by atoms with van der Waals surface area (Å²) in [5.41, 5.74) is 15.1. The molecule has 0 saturated carbocycles. The topological polar surface area (TPSA) is 3.24 Å². The van der Waals surface area contributed by atoms with Gasteiger partial charge in [-0.3, -0.25) is 0 Å². The Hall–Kier alpha value is -6.44. The molecule has 0 fully saturated rings. The lowest BCUT2D eigenvalue weighted by atomic mass is 9.67. The Bertz CT molecular complexity index is 2950. The van der Waals surface area contributed by atoms with E-state index in [4.69, 9.17) is 0 Å². The van der Waals surface area contributed by atoms with Gasteiger partial charge in [-0.05, 0) is 114 Å². The Morgan fingerprint density at radius 3 is 1.29 bits per heavy atom. The summed E-state index contributed by atoms with van der Waals surface area (Å²) in [6, 6.07) is 56.6. The van der Waals surface area contributed by atoms with Crippen molar-refractivity contribution in [2.45, 2.75) is 43.9 Å². The van der Waals surface area contributed by atoms with Crippen LogP contribution in [0.2, 0.25) is 0 Å². The lowest BCUT2D eigenvalue weighted by molar-refractivity contribution is 0.660. The van der Waals surface area contributed by atoms with Crippen LogP contribution in [0.5, 0.6) is 0 Å². The van der Waals surface area contributed by atoms with Crippen molar-refractivity contribution in [2.24, 2.45) is 0 Å². The Labute approximate surface area is 336 Å². The highest BCUT2D eigenvalue weighted by Crippen LogP contribution is 2.57. The molecular weight excluding hydrogens is 675 g/mol. The molecule has 8 aromatic carbocycles. The summed E-state index contributed by atoms with van der Waals surface area (Å²) < 4.78 is 40.0. The predicted octanol–water partition coefficient (Wildman–Crippen LogP) is 14.1. The van der Waals surface area contributed by atoms with Crippen LogP contribution in [0.4, 0.5) is 17.1 Å². The minimum atomic E-state index is -1.10. The lowest BCUT2D eigenvalue weighted by Gasteiger charge is -2.35. The molecule has 3 aliphatic carbocycles. The third-order valence-electron chi connectivity index (χ3n) is 13.0. The Morgan fingerprint density at radius 1 is 0.375 bits per heavy atom. The second-order valence-electron chi connectivity index (χ2n) is 16.6. The van der Waals surface area contributed by atoms with Crippen LogP contribution >= 0.6 is 0 Å². The van der Waals surface area contributed by atoms with Crippen molar-refractivity contribution in [3.8, 4) is 33.4 Å². The van der Waals surface area contributed by atoms with E-state index >= 15 is 0 Å². The molecule has 268 valence electrons. The molecule has 0 aliphatic heterocycles. The van der Waals surface area contributed by atoms with Crippen LogP contribution in [0.3, 0.4) is 0 Å². The molecule has 0 amide bonds. The quantitative estimate of drug-likeness (QED) is 0.171. The molecule has 0 unspecified atom stereocenters. The van der Waals surface area contributed by atoms with Gasteiger partial charge in [0.15, 0.2) is 0 Å². The molecule has 0 aromatic heterocycles. The van der Waals surface area contributed by atoms with Crippen LogP contribution in [0.25, 0.3) is 33.4 Å². The average Bonchev–Trinajstić information content (AvgIpc) is 3.79. The molecule has 11 rings (SSSR count). The van der Waals surface area contributed by atoms with Gasteiger partial charge in [0, 0.05) is 27.9 Å². The fourth-order valence-corrected chi connectivity index (χ4v) is 10.4. The van der Waals surface area contributed by atoms with Crippen molar-refractivity contribution in [1.82, 2.24) is 0 Å². The highest BCUT2D eigenvalue weighted by molar-refractivity contribution is 5.90. The van der Waals surface area contributed by atoms with Crippen LogP contribution in [-0.2, 0) is 16.2 Å². The second-order valence-corrected chi connectivity index (χ2v) is 16.6. The summed E-state index contributed by atoms with van der Waals surface area (Å²) in [6.07, 6.45) is 0. The van der Waals surface area contributed by atoms with E-state index in [1.807, 2.05) is 47.4 Å². The molecule has 0 N–H and O–H groups in total. The van der Waals surface area contributed by atoms with Crippen molar-refractivity contribution in [2.75, 3.05) is 4.90 Å². The first-order valence-electron chi connectivity index (χ1n) is 21.6. The smallest absolute Gasteiger partial charge is 0.0714 e. The number of hydrogen-bond acceptors (Lipinski definition) is 1. The first-order valence-corrected chi connectivity index (χ1v) is 19.6. The van der Waals surface area contributed by atoms with E-state index < -0.39 is 5.41 Å². The van der Waals surface area contributed by atoms with E-state index in [-0.39, 0.29) is 40.7 Å². The SMILES string of the molecule is [2H]c1c([2H])c(N(c2ccc3c(c2)C(C)(C)c2ccccc2-3)c2ccc3c(c2)C(C)(C)c2ccccc2-3)c([2H])c(C2(c3ccccc3)c3ccccc3-c3ccccc32)c1[2H]. The molecule has 0 atom stereocenters. The first-order chi connectivity index (χ1) is 29.0. The number of nitrogens with zero attached hydrogens (tertiary/aromatic N) is 1. The zero-order valence-electron chi connectivity index (χ0n) is 36.0. The van der Waals surface area contributed by atoms with Gasteiger partial charge in [-0.15, -0.1) is 0 Å². The van der Waals surface area contributed by atoms with E-state index in [1.165, 1.54) is 44.5 Å². The lowest BCUT2D eigenvalue weighted by Crippen LogP contribution is -2.28. The van der Waals surface area contributed by atoms with Crippen molar-refractivity contribution in [3.63, 3.8) is 0 Å². The van der Waals surface area contributed by atoms with E-state index in [2.05, 4.69) is 149 Å². The molecule has 56 heavy (non-hydrogen) atoms. The Morgan fingerprint density at radius 2 is 0.786 bits per heavy atom. The predicted molar refractivity (Wildman–Crippen MR) is 234 cm³/mol. The van der Waals surface area contributed by atoms with Gasteiger partial charge in [-0.2, -0.15) is 0 Å². The fraction of sp³-hybridized carbons (Fsp3) is 0.127. The third kappa shape index (κ3) is 4.37.